The number of carboxylic acids is 1. The zero-order chi connectivity index (χ0) is 12.8. The first-order valence-electron chi connectivity index (χ1n) is 5.66. The molecule has 0 atom stereocenters. The van der Waals surface area contributed by atoms with Gasteiger partial charge in [-0.1, -0.05) is 12.1 Å². The fourth-order valence-corrected chi connectivity index (χ4v) is 1.59. The number of hydrogen-bond donors (Lipinski definition) is 2. The third-order valence-electron chi connectivity index (χ3n) is 2.60. The Kier molecular flexibility index (Phi) is 4.97. The van der Waals surface area contributed by atoms with Gasteiger partial charge >= 0.3 is 5.97 Å². The third-order valence-corrected chi connectivity index (χ3v) is 2.60. The molecule has 0 aliphatic carbocycles. The van der Waals surface area contributed by atoms with Crippen LogP contribution in [0.5, 0.6) is 5.75 Å². The highest BCUT2D eigenvalue weighted by molar-refractivity contribution is 5.67. The van der Waals surface area contributed by atoms with E-state index in [1.807, 2.05) is 26.2 Å². The predicted molar refractivity (Wildman–Crippen MR) is 66.3 cm³/mol. The van der Waals surface area contributed by atoms with Gasteiger partial charge in [0, 0.05) is 13.0 Å². The summed E-state index contributed by atoms with van der Waals surface area (Å²) in [7, 11) is 4.01. The Balaban J connectivity index is 2.68. The van der Waals surface area contributed by atoms with Gasteiger partial charge in [0.15, 0.2) is 0 Å². The molecule has 0 heterocycles. The third kappa shape index (κ3) is 4.87. The molecule has 4 heteroatoms. The van der Waals surface area contributed by atoms with Crippen LogP contribution in [0.25, 0.3) is 0 Å². The van der Waals surface area contributed by atoms with Crippen LogP contribution >= 0.6 is 0 Å². The SMILES string of the molecule is CN(C)CCc1ccc(O)c(CCC(=O)O)c1. The summed E-state index contributed by atoms with van der Waals surface area (Å²) in [6.45, 7) is 0.934. The summed E-state index contributed by atoms with van der Waals surface area (Å²) in [5, 5.41) is 18.2. The van der Waals surface area contributed by atoms with Crippen molar-refractivity contribution < 1.29 is 15.0 Å². The minimum atomic E-state index is -0.844. The Hall–Kier alpha value is -1.55. The van der Waals surface area contributed by atoms with Crippen LogP contribution in [-0.2, 0) is 17.6 Å². The molecule has 0 bridgehead atoms. The van der Waals surface area contributed by atoms with Crippen LogP contribution in [0.1, 0.15) is 17.5 Å². The van der Waals surface area contributed by atoms with E-state index in [-0.39, 0.29) is 12.2 Å². The van der Waals surface area contributed by atoms with Crippen LogP contribution in [0, 0.1) is 0 Å². The molecule has 0 aromatic heterocycles. The van der Waals surface area contributed by atoms with Crippen molar-refractivity contribution in [1.29, 1.82) is 0 Å². The molecule has 0 radical (unpaired) electrons. The lowest BCUT2D eigenvalue weighted by molar-refractivity contribution is -0.136. The number of aromatic hydroxyl groups is 1. The minimum Gasteiger partial charge on any atom is -0.508 e. The average Bonchev–Trinajstić information content (AvgIpc) is 2.26. The van der Waals surface area contributed by atoms with Crippen LogP contribution < -0.4 is 0 Å². The van der Waals surface area contributed by atoms with Gasteiger partial charge in [-0.15, -0.1) is 0 Å². The summed E-state index contributed by atoms with van der Waals surface area (Å²) >= 11 is 0. The second-order valence-electron chi connectivity index (χ2n) is 4.41. The zero-order valence-electron chi connectivity index (χ0n) is 10.3. The van der Waals surface area contributed by atoms with Gasteiger partial charge in [-0.05, 0) is 44.1 Å². The first-order valence-corrected chi connectivity index (χ1v) is 5.66. The summed E-state index contributed by atoms with van der Waals surface area (Å²) < 4.78 is 0. The molecule has 0 saturated heterocycles. The monoisotopic (exact) mass is 237 g/mol. The van der Waals surface area contributed by atoms with Crippen molar-refractivity contribution >= 4 is 5.97 Å². The number of nitrogens with zero attached hydrogens (tertiary/aromatic N) is 1. The minimum absolute atomic E-state index is 0.0463. The largest absolute Gasteiger partial charge is 0.508 e. The Morgan fingerprint density at radius 3 is 2.59 bits per heavy atom. The van der Waals surface area contributed by atoms with Gasteiger partial charge < -0.3 is 15.1 Å². The van der Waals surface area contributed by atoms with Gasteiger partial charge in [0.1, 0.15) is 5.75 Å². The number of carbonyl (C=O) groups is 1. The number of phenolic OH excluding ortho intramolecular Hbond substituents is 1. The van der Waals surface area contributed by atoms with Crippen LogP contribution in [-0.4, -0.2) is 41.7 Å². The van der Waals surface area contributed by atoms with Gasteiger partial charge in [0.2, 0.25) is 0 Å². The zero-order valence-corrected chi connectivity index (χ0v) is 10.3. The highest BCUT2D eigenvalue weighted by Crippen LogP contribution is 2.20. The lowest BCUT2D eigenvalue weighted by Gasteiger charge is -2.11. The van der Waals surface area contributed by atoms with E-state index in [0.717, 1.165) is 18.5 Å². The maximum atomic E-state index is 10.5. The molecular formula is C13H19NO3. The number of likely N-dealkylation sites (N-methyl/N-ethyl adjacent to an activating group) is 1. The van der Waals surface area contributed by atoms with E-state index in [9.17, 15) is 9.90 Å². The highest BCUT2D eigenvalue weighted by atomic mass is 16.4. The maximum Gasteiger partial charge on any atom is 0.303 e. The van der Waals surface area contributed by atoms with Crippen molar-refractivity contribution in [3.8, 4) is 5.75 Å². The molecule has 4 nitrogen and oxygen atoms in total. The predicted octanol–water partition coefficient (Wildman–Crippen LogP) is 1.51. The van der Waals surface area contributed by atoms with E-state index in [2.05, 4.69) is 4.90 Å². The van der Waals surface area contributed by atoms with Crippen molar-refractivity contribution in [2.24, 2.45) is 0 Å². The highest BCUT2D eigenvalue weighted by Gasteiger charge is 2.06. The molecule has 0 aliphatic rings. The van der Waals surface area contributed by atoms with Crippen LogP contribution in [0.4, 0.5) is 0 Å². The second kappa shape index (κ2) is 6.25. The maximum absolute atomic E-state index is 10.5. The molecule has 1 aromatic rings. The second-order valence-corrected chi connectivity index (χ2v) is 4.41. The summed E-state index contributed by atoms with van der Waals surface area (Å²) in [6, 6.07) is 5.41. The molecular weight excluding hydrogens is 218 g/mol. The standard InChI is InChI=1S/C13H19NO3/c1-14(2)8-7-10-3-5-12(15)11(9-10)4-6-13(16)17/h3,5,9,15H,4,6-8H2,1-2H3,(H,16,17). The molecule has 0 saturated carbocycles. The van der Waals surface area contributed by atoms with Crippen molar-refractivity contribution in [3.05, 3.63) is 29.3 Å². The molecule has 17 heavy (non-hydrogen) atoms. The van der Waals surface area contributed by atoms with E-state index in [0.29, 0.717) is 12.0 Å². The van der Waals surface area contributed by atoms with Crippen LogP contribution in [0.3, 0.4) is 0 Å². The average molecular weight is 237 g/mol. The fraction of sp³-hybridized carbons (Fsp3) is 0.462. The van der Waals surface area contributed by atoms with E-state index >= 15 is 0 Å². The normalized spacial score (nSPS) is 10.8. The number of phenols is 1. The first kappa shape index (κ1) is 13.5. The molecule has 0 unspecified atom stereocenters. The molecule has 2 N–H and O–H groups in total. The topological polar surface area (TPSA) is 60.8 Å². The number of aryl methyl sites for hydroxylation is 1. The smallest absolute Gasteiger partial charge is 0.303 e. The number of carboxylic acid groups (broad SMARTS) is 1. The Morgan fingerprint density at radius 2 is 2.00 bits per heavy atom. The molecule has 1 rings (SSSR count). The van der Waals surface area contributed by atoms with Crippen LogP contribution in [0.15, 0.2) is 18.2 Å². The number of rotatable bonds is 6. The van der Waals surface area contributed by atoms with Crippen LogP contribution in [0.2, 0.25) is 0 Å². The van der Waals surface area contributed by atoms with Crippen molar-refractivity contribution in [2.45, 2.75) is 19.3 Å². The summed E-state index contributed by atoms with van der Waals surface area (Å²) in [5.41, 5.74) is 1.83. The van der Waals surface area contributed by atoms with Gasteiger partial charge in [-0.3, -0.25) is 4.79 Å². The van der Waals surface area contributed by atoms with E-state index in [1.165, 1.54) is 0 Å². The van der Waals surface area contributed by atoms with Crippen molar-refractivity contribution in [2.75, 3.05) is 20.6 Å². The van der Waals surface area contributed by atoms with Gasteiger partial charge in [0.25, 0.3) is 0 Å². The van der Waals surface area contributed by atoms with E-state index in [4.69, 9.17) is 5.11 Å². The Morgan fingerprint density at radius 1 is 1.29 bits per heavy atom. The molecule has 94 valence electrons. The molecule has 1 aromatic carbocycles. The van der Waals surface area contributed by atoms with Gasteiger partial charge in [-0.2, -0.15) is 0 Å². The van der Waals surface area contributed by atoms with E-state index < -0.39 is 5.97 Å². The molecule has 0 spiro atoms. The molecule has 0 aliphatic heterocycles. The lowest BCUT2D eigenvalue weighted by atomic mass is 10.0. The van der Waals surface area contributed by atoms with Crippen molar-refractivity contribution in [1.82, 2.24) is 4.90 Å². The van der Waals surface area contributed by atoms with Crippen molar-refractivity contribution in [3.63, 3.8) is 0 Å². The first-order chi connectivity index (χ1) is 7.99. The van der Waals surface area contributed by atoms with E-state index in [1.54, 1.807) is 6.07 Å². The quantitative estimate of drug-likeness (QED) is 0.787. The summed E-state index contributed by atoms with van der Waals surface area (Å²) in [5.74, 6) is -0.664. The fourth-order valence-electron chi connectivity index (χ4n) is 1.59. The molecule has 0 amide bonds. The Bertz CT molecular complexity index is 388. The number of hydrogen-bond acceptors (Lipinski definition) is 3. The lowest BCUT2D eigenvalue weighted by Crippen LogP contribution is -2.15. The number of aliphatic carboxylic acids is 1. The summed E-state index contributed by atoms with van der Waals surface area (Å²) in [4.78, 5) is 12.6. The Labute approximate surface area is 101 Å². The summed E-state index contributed by atoms with van der Waals surface area (Å²) in [6.07, 6.45) is 1.31. The molecule has 0 fully saturated rings. The number of benzene rings is 1. The van der Waals surface area contributed by atoms with Gasteiger partial charge in [-0.25, -0.2) is 0 Å². The van der Waals surface area contributed by atoms with Gasteiger partial charge in [0.05, 0.1) is 0 Å².